The van der Waals surface area contributed by atoms with Gasteiger partial charge in [0, 0.05) is 35.7 Å². The Morgan fingerprint density at radius 3 is 2.21 bits per heavy atom. The standard InChI is InChI=1S/C19H19BrN4O5/c1-12-10-21(17-8-7-14(23(26)27)9-18(17)24(28)29)11-13(2)22(12)19(25)15-5-3-4-6-16(15)20/h3-9,12-13H,10-11H2,1-2H3/t12-,13-/m0/s1. The van der Waals surface area contributed by atoms with Gasteiger partial charge in [-0.05, 0) is 48.0 Å². The number of halogens is 1. The Morgan fingerprint density at radius 2 is 1.66 bits per heavy atom. The maximum atomic E-state index is 13.1. The molecule has 0 aromatic heterocycles. The molecule has 0 N–H and O–H groups in total. The van der Waals surface area contributed by atoms with Crippen molar-refractivity contribution >= 4 is 38.9 Å². The van der Waals surface area contributed by atoms with Crippen molar-refractivity contribution in [1.82, 2.24) is 4.90 Å². The number of hydrogen-bond acceptors (Lipinski definition) is 6. The number of carbonyl (C=O) groups excluding carboxylic acids is 1. The van der Waals surface area contributed by atoms with Crippen molar-refractivity contribution in [3.05, 3.63) is 72.7 Å². The van der Waals surface area contributed by atoms with Crippen LogP contribution in [-0.4, -0.2) is 45.8 Å². The molecule has 1 heterocycles. The first-order chi connectivity index (χ1) is 13.7. The van der Waals surface area contributed by atoms with E-state index >= 15 is 0 Å². The Labute approximate surface area is 175 Å². The zero-order chi connectivity index (χ0) is 21.3. The maximum absolute atomic E-state index is 13.1. The van der Waals surface area contributed by atoms with Gasteiger partial charge in [0.1, 0.15) is 5.69 Å². The summed E-state index contributed by atoms with van der Waals surface area (Å²) in [7, 11) is 0. The second-order valence-corrected chi connectivity index (χ2v) is 7.84. The lowest BCUT2D eigenvalue weighted by Gasteiger charge is -2.45. The number of anilines is 1. The van der Waals surface area contributed by atoms with Crippen LogP contribution < -0.4 is 4.90 Å². The smallest absolute Gasteiger partial charge is 0.299 e. The molecule has 1 aliphatic heterocycles. The Bertz CT molecular complexity index is 971. The van der Waals surface area contributed by atoms with Crippen LogP contribution in [0.15, 0.2) is 46.9 Å². The number of benzene rings is 2. The Balaban J connectivity index is 1.89. The van der Waals surface area contributed by atoms with Gasteiger partial charge in [0.2, 0.25) is 0 Å². The van der Waals surface area contributed by atoms with Crippen molar-refractivity contribution in [3.8, 4) is 0 Å². The fourth-order valence-electron chi connectivity index (χ4n) is 3.73. The molecule has 2 aromatic rings. The molecule has 29 heavy (non-hydrogen) atoms. The molecule has 1 fully saturated rings. The second kappa shape index (κ2) is 8.16. The van der Waals surface area contributed by atoms with Crippen LogP contribution in [0, 0.1) is 20.2 Å². The fourth-order valence-corrected chi connectivity index (χ4v) is 4.19. The van der Waals surface area contributed by atoms with Gasteiger partial charge < -0.3 is 9.80 Å². The number of nitro groups is 2. The molecular formula is C19H19BrN4O5. The highest BCUT2D eigenvalue weighted by molar-refractivity contribution is 9.10. The van der Waals surface area contributed by atoms with E-state index in [0.717, 1.165) is 6.07 Å². The first-order valence-electron chi connectivity index (χ1n) is 8.95. The van der Waals surface area contributed by atoms with Crippen LogP contribution in [0.2, 0.25) is 0 Å². The van der Waals surface area contributed by atoms with Crippen molar-refractivity contribution in [3.63, 3.8) is 0 Å². The van der Waals surface area contributed by atoms with E-state index in [1.54, 1.807) is 28.0 Å². The molecule has 0 radical (unpaired) electrons. The molecule has 0 unspecified atom stereocenters. The summed E-state index contributed by atoms with van der Waals surface area (Å²) in [5, 5.41) is 22.5. The van der Waals surface area contributed by atoms with E-state index in [9.17, 15) is 25.0 Å². The molecule has 0 aliphatic carbocycles. The third kappa shape index (κ3) is 4.07. The van der Waals surface area contributed by atoms with E-state index in [4.69, 9.17) is 0 Å². The molecule has 152 valence electrons. The van der Waals surface area contributed by atoms with Gasteiger partial charge in [0.05, 0.1) is 21.5 Å². The third-order valence-electron chi connectivity index (χ3n) is 4.96. The van der Waals surface area contributed by atoms with Crippen LogP contribution in [0.4, 0.5) is 17.1 Å². The molecule has 3 rings (SSSR count). The van der Waals surface area contributed by atoms with Crippen LogP contribution in [0.3, 0.4) is 0 Å². The van der Waals surface area contributed by atoms with Crippen LogP contribution in [0.1, 0.15) is 24.2 Å². The van der Waals surface area contributed by atoms with Gasteiger partial charge in [-0.3, -0.25) is 25.0 Å². The summed E-state index contributed by atoms with van der Waals surface area (Å²) in [6.07, 6.45) is 0. The van der Waals surface area contributed by atoms with Crippen molar-refractivity contribution in [2.75, 3.05) is 18.0 Å². The lowest BCUT2D eigenvalue weighted by molar-refractivity contribution is -0.393. The summed E-state index contributed by atoms with van der Waals surface area (Å²) in [6.45, 7) is 4.52. The topological polar surface area (TPSA) is 110 Å². The molecule has 1 saturated heterocycles. The Morgan fingerprint density at radius 1 is 1.03 bits per heavy atom. The number of non-ortho nitro benzene ring substituents is 1. The van der Waals surface area contributed by atoms with Gasteiger partial charge in [-0.2, -0.15) is 0 Å². The van der Waals surface area contributed by atoms with E-state index in [2.05, 4.69) is 15.9 Å². The van der Waals surface area contributed by atoms with Gasteiger partial charge in [0.15, 0.2) is 0 Å². The van der Waals surface area contributed by atoms with E-state index in [1.807, 2.05) is 19.9 Å². The van der Waals surface area contributed by atoms with Gasteiger partial charge in [-0.15, -0.1) is 0 Å². The lowest BCUT2D eigenvalue weighted by Crippen LogP contribution is -2.58. The predicted octanol–water partition coefficient (Wildman–Crippen LogP) is 4.00. The van der Waals surface area contributed by atoms with Gasteiger partial charge in [0.25, 0.3) is 17.3 Å². The van der Waals surface area contributed by atoms with Gasteiger partial charge in [-0.1, -0.05) is 12.1 Å². The normalized spacial score (nSPS) is 19.1. The molecule has 0 saturated carbocycles. The van der Waals surface area contributed by atoms with Gasteiger partial charge in [-0.25, -0.2) is 0 Å². The number of nitro benzene ring substituents is 2. The number of carbonyl (C=O) groups is 1. The summed E-state index contributed by atoms with van der Waals surface area (Å²) in [6, 6.07) is 10.4. The minimum atomic E-state index is -0.656. The Kier molecular flexibility index (Phi) is 5.83. The summed E-state index contributed by atoms with van der Waals surface area (Å²) in [5.41, 5.74) is 0.224. The van der Waals surface area contributed by atoms with Crippen LogP contribution in [-0.2, 0) is 0 Å². The van der Waals surface area contributed by atoms with Crippen molar-refractivity contribution < 1.29 is 14.6 Å². The van der Waals surface area contributed by atoms with E-state index < -0.39 is 9.85 Å². The minimum absolute atomic E-state index is 0.115. The number of nitrogens with zero attached hydrogens (tertiary/aromatic N) is 4. The Hall–Kier alpha value is -3.01. The molecule has 1 amide bonds. The first-order valence-corrected chi connectivity index (χ1v) is 9.75. The third-order valence-corrected chi connectivity index (χ3v) is 5.66. The summed E-state index contributed by atoms with van der Waals surface area (Å²) in [4.78, 5) is 37.8. The molecule has 2 aromatic carbocycles. The fraction of sp³-hybridized carbons (Fsp3) is 0.316. The number of rotatable bonds is 4. The molecule has 10 heteroatoms. The average Bonchev–Trinajstić information content (AvgIpc) is 2.67. The summed E-state index contributed by atoms with van der Waals surface area (Å²) < 4.78 is 0.706. The summed E-state index contributed by atoms with van der Waals surface area (Å²) in [5.74, 6) is -0.115. The molecular weight excluding hydrogens is 444 g/mol. The van der Waals surface area contributed by atoms with E-state index in [0.29, 0.717) is 28.8 Å². The van der Waals surface area contributed by atoms with Crippen molar-refractivity contribution in [2.45, 2.75) is 25.9 Å². The van der Waals surface area contributed by atoms with E-state index in [1.165, 1.54) is 12.1 Å². The van der Waals surface area contributed by atoms with Crippen molar-refractivity contribution in [1.29, 1.82) is 0 Å². The van der Waals surface area contributed by atoms with Crippen LogP contribution in [0.25, 0.3) is 0 Å². The van der Waals surface area contributed by atoms with E-state index in [-0.39, 0.29) is 29.4 Å². The molecule has 0 spiro atoms. The van der Waals surface area contributed by atoms with Crippen LogP contribution >= 0.6 is 15.9 Å². The minimum Gasteiger partial charge on any atom is -0.362 e. The van der Waals surface area contributed by atoms with Crippen molar-refractivity contribution in [2.24, 2.45) is 0 Å². The monoisotopic (exact) mass is 462 g/mol. The quantitative estimate of drug-likeness (QED) is 0.501. The largest absolute Gasteiger partial charge is 0.362 e. The van der Waals surface area contributed by atoms with Crippen LogP contribution in [0.5, 0.6) is 0 Å². The highest BCUT2D eigenvalue weighted by atomic mass is 79.9. The average molecular weight is 463 g/mol. The molecule has 9 nitrogen and oxygen atoms in total. The zero-order valence-electron chi connectivity index (χ0n) is 15.8. The second-order valence-electron chi connectivity index (χ2n) is 6.98. The first kappa shape index (κ1) is 20.7. The number of hydrogen-bond donors (Lipinski definition) is 0. The molecule has 1 aliphatic rings. The SMILES string of the molecule is C[C@H]1CN(c2ccc([N+](=O)[O-])cc2[N+](=O)[O-])C[C@H](C)N1C(=O)c1ccccc1Br. The lowest BCUT2D eigenvalue weighted by atomic mass is 10.0. The summed E-state index contributed by atoms with van der Waals surface area (Å²) >= 11 is 3.41. The predicted molar refractivity (Wildman–Crippen MR) is 111 cm³/mol. The maximum Gasteiger partial charge on any atom is 0.299 e. The zero-order valence-corrected chi connectivity index (χ0v) is 17.4. The van der Waals surface area contributed by atoms with Gasteiger partial charge >= 0.3 is 0 Å². The molecule has 0 bridgehead atoms. The number of amides is 1. The highest BCUT2D eigenvalue weighted by Crippen LogP contribution is 2.34. The molecule has 2 atom stereocenters. The number of piperazine rings is 1. The highest BCUT2D eigenvalue weighted by Gasteiger charge is 2.36.